The number of aryl methyl sites for hydroxylation is 2. The van der Waals surface area contributed by atoms with E-state index in [1.165, 1.54) is 0 Å². The lowest BCUT2D eigenvalue weighted by molar-refractivity contribution is -0.127. The Morgan fingerprint density at radius 3 is 2.15 bits per heavy atom. The van der Waals surface area contributed by atoms with Gasteiger partial charge in [-0.15, -0.1) is 0 Å². The molecule has 5 nitrogen and oxygen atoms in total. The minimum Gasteiger partial charge on any atom is -0.385 e. The van der Waals surface area contributed by atoms with Crippen molar-refractivity contribution >= 4 is 17.4 Å². The Morgan fingerprint density at radius 1 is 0.912 bits per heavy atom. The number of ketones is 1. The summed E-state index contributed by atoms with van der Waals surface area (Å²) in [6.45, 7) is 5.02. The molecular formula is C29H30N2O3. The number of hydrogen-bond acceptors (Lipinski definition) is 4. The fraction of sp³-hybridized carbons (Fsp3) is 0.241. The second-order valence-corrected chi connectivity index (χ2v) is 8.63. The summed E-state index contributed by atoms with van der Waals surface area (Å²) in [5, 5.41) is 3.29. The van der Waals surface area contributed by atoms with Crippen LogP contribution < -0.4 is 5.32 Å². The van der Waals surface area contributed by atoms with Crippen LogP contribution in [0.25, 0.3) is 0 Å². The Labute approximate surface area is 201 Å². The SMILES string of the molecule is COCCCN1C(=O)C(Nc2ccc(C)cc2)=C(C(=O)c2ccc(C)cc2)C1c1ccccc1. The number of nitrogens with zero attached hydrogens (tertiary/aromatic N) is 1. The van der Waals surface area contributed by atoms with Gasteiger partial charge in [-0.3, -0.25) is 9.59 Å². The number of carbonyl (C=O) groups excluding carboxylic acids is 2. The monoisotopic (exact) mass is 454 g/mol. The fourth-order valence-corrected chi connectivity index (χ4v) is 4.26. The third kappa shape index (κ3) is 4.95. The van der Waals surface area contributed by atoms with Crippen molar-refractivity contribution in [1.82, 2.24) is 4.90 Å². The molecule has 1 heterocycles. The first kappa shape index (κ1) is 23.5. The smallest absolute Gasteiger partial charge is 0.271 e. The Balaban J connectivity index is 1.84. The molecule has 0 saturated heterocycles. The second kappa shape index (κ2) is 10.5. The maximum atomic E-state index is 13.9. The predicted octanol–water partition coefficient (Wildman–Crippen LogP) is 5.47. The summed E-state index contributed by atoms with van der Waals surface area (Å²) < 4.78 is 5.23. The molecule has 5 heteroatoms. The first-order chi connectivity index (χ1) is 16.5. The van der Waals surface area contributed by atoms with Crippen LogP contribution in [0.3, 0.4) is 0 Å². The molecule has 4 rings (SSSR count). The first-order valence-electron chi connectivity index (χ1n) is 11.5. The molecule has 1 unspecified atom stereocenters. The number of methoxy groups -OCH3 is 1. The highest BCUT2D eigenvalue weighted by atomic mass is 16.5. The molecule has 34 heavy (non-hydrogen) atoms. The van der Waals surface area contributed by atoms with Crippen molar-refractivity contribution in [2.24, 2.45) is 0 Å². The largest absolute Gasteiger partial charge is 0.385 e. The molecule has 3 aromatic rings. The molecule has 0 bridgehead atoms. The number of benzene rings is 3. The van der Waals surface area contributed by atoms with Gasteiger partial charge in [0.05, 0.1) is 11.6 Å². The van der Waals surface area contributed by atoms with Gasteiger partial charge in [0.25, 0.3) is 5.91 Å². The van der Waals surface area contributed by atoms with E-state index in [1.807, 2.05) is 92.7 Å². The molecule has 1 N–H and O–H groups in total. The minimum absolute atomic E-state index is 0.147. The zero-order valence-corrected chi connectivity index (χ0v) is 19.9. The number of anilines is 1. The van der Waals surface area contributed by atoms with Crippen LogP contribution in [0.4, 0.5) is 5.69 Å². The van der Waals surface area contributed by atoms with Gasteiger partial charge in [-0.2, -0.15) is 0 Å². The second-order valence-electron chi connectivity index (χ2n) is 8.63. The van der Waals surface area contributed by atoms with Gasteiger partial charge in [0.15, 0.2) is 5.78 Å². The third-order valence-electron chi connectivity index (χ3n) is 6.07. The highest BCUT2D eigenvalue weighted by Crippen LogP contribution is 2.40. The minimum atomic E-state index is -0.479. The van der Waals surface area contributed by atoms with Crippen LogP contribution in [0, 0.1) is 13.8 Å². The molecule has 3 aromatic carbocycles. The summed E-state index contributed by atoms with van der Waals surface area (Å²) in [7, 11) is 1.65. The van der Waals surface area contributed by atoms with Crippen molar-refractivity contribution in [2.45, 2.75) is 26.3 Å². The van der Waals surface area contributed by atoms with Gasteiger partial charge in [0.1, 0.15) is 5.70 Å². The molecule has 1 aliphatic rings. The predicted molar refractivity (Wildman–Crippen MR) is 135 cm³/mol. The Morgan fingerprint density at radius 2 is 1.53 bits per heavy atom. The Kier molecular flexibility index (Phi) is 7.24. The molecule has 0 saturated carbocycles. The number of Topliss-reactive ketones (excluding diaryl/α,β-unsaturated/α-hetero) is 1. The number of rotatable bonds is 9. The van der Waals surface area contributed by atoms with Crippen LogP contribution in [0.2, 0.25) is 0 Å². The van der Waals surface area contributed by atoms with Crippen LogP contribution in [-0.4, -0.2) is 36.9 Å². The van der Waals surface area contributed by atoms with Crippen LogP contribution in [-0.2, 0) is 9.53 Å². The van der Waals surface area contributed by atoms with Crippen molar-refractivity contribution in [3.63, 3.8) is 0 Å². The maximum Gasteiger partial charge on any atom is 0.271 e. The van der Waals surface area contributed by atoms with Crippen LogP contribution in [0.15, 0.2) is 90.1 Å². The zero-order valence-electron chi connectivity index (χ0n) is 19.9. The lowest BCUT2D eigenvalue weighted by Gasteiger charge is -2.27. The highest BCUT2D eigenvalue weighted by Gasteiger charge is 2.43. The lowest BCUT2D eigenvalue weighted by atomic mass is 9.92. The summed E-state index contributed by atoms with van der Waals surface area (Å²) in [5.41, 5.74) is 5.25. The Bertz CT molecular complexity index is 1180. The van der Waals surface area contributed by atoms with Crippen molar-refractivity contribution in [1.29, 1.82) is 0 Å². The average molecular weight is 455 g/mol. The van der Waals surface area contributed by atoms with Gasteiger partial charge >= 0.3 is 0 Å². The summed E-state index contributed by atoms with van der Waals surface area (Å²) in [6, 6.07) is 24.6. The van der Waals surface area contributed by atoms with E-state index in [2.05, 4.69) is 5.32 Å². The zero-order chi connectivity index (χ0) is 24.1. The van der Waals surface area contributed by atoms with Gasteiger partial charge in [-0.1, -0.05) is 77.9 Å². The Hall–Kier alpha value is -3.70. The van der Waals surface area contributed by atoms with Gasteiger partial charge in [-0.25, -0.2) is 0 Å². The normalized spacial score (nSPS) is 15.7. The van der Waals surface area contributed by atoms with Crippen LogP contribution in [0.1, 0.15) is 39.5 Å². The van der Waals surface area contributed by atoms with Gasteiger partial charge < -0.3 is 15.0 Å². The van der Waals surface area contributed by atoms with E-state index in [4.69, 9.17) is 4.74 Å². The molecule has 0 spiro atoms. The number of amides is 1. The van der Waals surface area contributed by atoms with Crippen molar-refractivity contribution in [3.05, 3.63) is 112 Å². The molecule has 174 valence electrons. The van der Waals surface area contributed by atoms with E-state index >= 15 is 0 Å². The van der Waals surface area contributed by atoms with Crippen molar-refractivity contribution in [3.8, 4) is 0 Å². The lowest BCUT2D eigenvalue weighted by Crippen LogP contribution is -2.33. The number of carbonyl (C=O) groups is 2. The third-order valence-corrected chi connectivity index (χ3v) is 6.07. The summed E-state index contributed by atoms with van der Waals surface area (Å²) >= 11 is 0. The van der Waals surface area contributed by atoms with Crippen molar-refractivity contribution in [2.75, 3.05) is 25.6 Å². The molecule has 0 aliphatic carbocycles. The summed E-state index contributed by atoms with van der Waals surface area (Å²) in [6.07, 6.45) is 0.676. The summed E-state index contributed by atoms with van der Waals surface area (Å²) in [5.74, 6) is -0.327. The standard InChI is InChI=1S/C29H30N2O3/c1-20-10-14-23(15-11-20)28(32)25-26(30-24-16-12-21(2)13-17-24)29(33)31(18-7-19-34-3)27(25)22-8-5-4-6-9-22/h4-6,8-17,27,30H,7,18-19H2,1-3H3. The van der Waals surface area contributed by atoms with E-state index in [0.29, 0.717) is 36.4 Å². The molecule has 1 aliphatic heterocycles. The van der Waals surface area contributed by atoms with E-state index in [0.717, 1.165) is 22.4 Å². The van der Waals surface area contributed by atoms with Crippen LogP contribution in [0.5, 0.6) is 0 Å². The van der Waals surface area contributed by atoms with Crippen molar-refractivity contribution < 1.29 is 14.3 Å². The van der Waals surface area contributed by atoms with E-state index in [-0.39, 0.29) is 11.7 Å². The molecule has 1 amide bonds. The first-order valence-corrected chi connectivity index (χ1v) is 11.5. The van der Waals surface area contributed by atoms with Crippen LogP contribution >= 0.6 is 0 Å². The number of hydrogen-bond donors (Lipinski definition) is 1. The fourth-order valence-electron chi connectivity index (χ4n) is 4.26. The number of ether oxygens (including phenoxy) is 1. The molecule has 0 radical (unpaired) electrons. The molecule has 1 atom stereocenters. The van der Waals surface area contributed by atoms with Gasteiger partial charge in [0.2, 0.25) is 0 Å². The van der Waals surface area contributed by atoms with Gasteiger partial charge in [-0.05, 0) is 38.0 Å². The molecule has 0 aromatic heterocycles. The van der Waals surface area contributed by atoms with E-state index in [9.17, 15) is 9.59 Å². The highest BCUT2D eigenvalue weighted by molar-refractivity contribution is 6.18. The van der Waals surface area contributed by atoms with E-state index in [1.54, 1.807) is 12.0 Å². The molecule has 0 fully saturated rings. The topological polar surface area (TPSA) is 58.6 Å². The average Bonchev–Trinajstić information content (AvgIpc) is 3.12. The van der Waals surface area contributed by atoms with Gasteiger partial charge in [0, 0.05) is 31.5 Å². The summed E-state index contributed by atoms with van der Waals surface area (Å²) in [4.78, 5) is 29.5. The van der Waals surface area contributed by atoms with E-state index < -0.39 is 6.04 Å². The number of nitrogens with one attached hydrogen (secondary N) is 1. The quantitative estimate of drug-likeness (QED) is 0.344. The molecular weight excluding hydrogens is 424 g/mol. The maximum absolute atomic E-state index is 13.9.